The zero-order valence-electron chi connectivity index (χ0n) is 12.7. The van der Waals surface area contributed by atoms with E-state index in [-0.39, 0.29) is 43.2 Å². The number of hydrogen-bond donors (Lipinski definition) is 3. The maximum atomic E-state index is 11.9. The molecule has 0 aromatic rings. The summed E-state index contributed by atoms with van der Waals surface area (Å²) in [5.41, 5.74) is 5.29. The van der Waals surface area contributed by atoms with Crippen LogP contribution < -0.4 is 16.4 Å². The van der Waals surface area contributed by atoms with E-state index in [1.807, 2.05) is 0 Å². The second-order valence-corrected chi connectivity index (χ2v) is 5.41. The Labute approximate surface area is 133 Å². The Bertz CT molecular complexity index is 310. The fourth-order valence-electron chi connectivity index (χ4n) is 2.72. The normalized spacial score (nSPS) is 16.8. The molecule has 1 aliphatic carbocycles. The summed E-state index contributed by atoms with van der Waals surface area (Å²) in [6, 6.07) is -0.121. The van der Waals surface area contributed by atoms with Gasteiger partial charge in [-0.1, -0.05) is 19.3 Å². The van der Waals surface area contributed by atoms with Crippen molar-refractivity contribution in [1.82, 2.24) is 10.6 Å². The monoisotopic (exact) mass is 321 g/mol. The average molecular weight is 322 g/mol. The molecule has 1 unspecified atom stereocenters. The third kappa shape index (κ3) is 8.90. The SMILES string of the molecule is COCCNCC(=O)NC(CC(N)=O)C1CCCCC1.Cl. The van der Waals surface area contributed by atoms with Crippen molar-refractivity contribution in [2.45, 2.75) is 44.6 Å². The Balaban J connectivity index is 0.00000400. The number of hydrogen-bond acceptors (Lipinski definition) is 4. The van der Waals surface area contributed by atoms with Crippen LogP contribution in [0.5, 0.6) is 0 Å². The number of rotatable bonds is 9. The number of methoxy groups -OCH3 is 1. The van der Waals surface area contributed by atoms with E-state index in [0.29, 0.717) is 19.1 Å². The van der Waals surface area contributed by atoms with Gasteiger partial charge in [-0.25, -0.2) is 0 Å². The lowest BCUT2D eigenvalue weighted by molar-refractivity contribution is -0.122. The Hall–Kier alpha value is -0.850. The number of halogens is 1. The van der Waals surface area contributed by atoms with Crippen molar-refractivity contribution in [3.8, 4) is 0 Å². The second-order valence-electron chi connectivity index (χ2n) is 5.41. The lowest BCUT2D eigenvalue weighted by Crippen LogP contribution is -2.46. The summed E-state index contributed by atoms with van der Waals surface area (Å²) in [4.78, 5) is 23.0. The summed E-state index contributed by atoms with van der Waals surface area (Å²) in [5, 5.41) is 5.95. The predicted molar refractivity (Wildman–Crippen MR) is 84.3 cm³/mol. The van der Waals surface area contributed by atoms with Gasteiger partial charge in [-0.2, -0.15) is 0 Å². The minimum atomic E-state index is -0.354. The van der Waals surface area contributed by atoms with Crippen LogP contribution in [0.3, 0.4) is 0 Å². The highest BCUT2D eigenvalue weighted by molar-refractivity contribution is 5.85. The number of nitrogens with two attached hydrogens (primary N) is 1. The molecule has 6 nitrogen and oxygen atoms in total. The van der Waals surface area contributed by atoms with Crippen molar-refractivity contribution in [2.75, 3.05) is 26.8 Å². The van der Waals surface area contributed by atoms with Gasteiger partial charge in [0.15, 0.2) is 0 Å². The van der Waals surface area contributed by atoms with Gasteiger partial charge in [0.2, 0.25) is 11.8 Å². The first-order chi connectivity index (χ1) is 9.63. The standard InChI is InChI=1S/C14H27N3O3.ClH/c1-20-8-7-16-10-14(19)17-12(9-13(15)18)11-5-3-2-4-6-11;/h11-12,16H,2-10H2,1H3,(H2,15,18)(H,17,19);1H. The van der Waals surface area contributed by atoms with Crippen LogP contribution in [0.15, 0.2) is 0 Å². The second kappa shape index (κ2) is 11.8. The molecule has 0 aromatic heterocycles. The fourth-order valence-corrected chi connectivity index (χ4v) is 2.72. The Morgan fingerprint density at radius 1 is 1.29 bits per heavy atom. The molecule has 0 spiro atoms. The van der Waals surface area contributed by atoms with Gasteiger partial charge in [-0.3, -0.25) is 9.59 Å². The van der Waals surface area contributed by atoms with Gasteiger partial charge in [-0.15, -0.1) is 12.4 Å². The average Bonchev–Trinajstić information content (AvgIpc) is 2.43. The molecule has 0 heterocycles. The summed E-state index contributed by atoms with van der Waals surface area (Å²) >= 11 is 0. The van der Waals surface area contributed by atoms with Gasteiger partial charge in [0.25, 0.3) is 0 Å². The van der Waals surface area contributed by atoms with Crippen LogP contribution in [0.25, 0.3) is 0 Å². The Morgan fingerprint density at radius 2 is 1.95 bits per heavy atom. The van der Waals surface area contributed by atoms with Crippen LogP contribution in [0.1, 0.15) is 38.5 Å². The van der Waals surface area contributed by atoms with Crippen molar-refractivity contribution in [2.24, 2.45) is 11.7 Å². The van der Waals surface area contributed by atoms with Gasteiger partial charge >= 0.3 is 0 Å². The summed E-state index contributed by atoms with van der Waals surface area (Å²) in [6.07, 6.45) is 5.94. The van der Waals surface area contributed by atoms with Crippen molar-refractivity contribution in [1.29, 1.82) is 0 Å². The van der Waals surface area contributed by atoms with Crippen LogP contribution in [-0.2, 0) is 14.3 Å². The molecule has 4 N–H and O–H groups in total. The van der Waals surface area contributed by atoms with E-state index in [9.17, 15) is 9.59 Å². The third-order valence-electron chi connectivity index (χ3n) is 3.75. The summed E-state index contributed by atoms with van der Waals surface area (Å²) in [6.45, 7) is 1.44. The minimum Gasteiger partial charge on any atom is -0.383 e. The van der Waals surface area contributed by atoms with Crippen LogP contribution >= 0.6 is 12.4 Å². The van der Waals surface area contributed by atoms with E-state index in [1.165, 1.54) is 19.3 Å². The zero-order valence-corrected chi connectivity index (χ0v) is 13.5. The molecule has 0 radical (unpaired) electrons. The van der Waals surface area contributed by atoms with Gasteiger partial charge < -0.3 is 21.1 Å². The molecular weight excluding hydrogens is 294 g/mol. The van der Waals surface area contributed by atoms with Gasteiger partial charge in [0.1, 0.15) is 0 Å². The van der Waals surface area contributed by atoms with E-state index < -0.39 is 0 Å². The Morgan fingerprint density at radius 3 is 2.52 bits per heavy atom. The molecular formula is C14H28ClN3O3. The molecule has 7 heteroatoms. The van der Waals surface area contributed by atoms with Crippen molar-refractivity contribution >= 4 is 24.2 Å². The lowest BCUT2D eigenvalue weighted by Gasteiger charge is -2.30. The zero-order chi connectivity index (χ0) is 14.8. The first-order valence-electron chi connectivity index (χ1n) is 7.40. The molecule has 2 amide bonds. The van der Waals surface area contributed by atoms with E-state index >= 15 is 0 Å². The van der Waals surface area contributed by atoms with E-state index in [4.69, 9.17) is 10.5 Å². The first-order valence-corrected chi connectivity index (χ1v) is 7.40. The van der Waals surface area contributed by atoms with Crippen molar-refractivity contribution < 1.29 is 14.3 Å². The summed E-state index contributed by atoms with van der Waals surface area (Å²) < 4.78 is 4.90. The van der Waals surface area contributed by atoms with E-state index in [2.05, 4.69) is 10.6 Å². The summed E-state index contributed by atoms with van der Waals surface area (Å²) in [5.74, 6) is -0.0645. The van der Waals surface area contributed by atoms with Gasteiger partial charge in [0.05, 0.1) is 13.2 Å². The smallest absolute Gasteiger partial charge is 0.234 e. The number of amides is 2. The Kier molecular flexibility index (Phi) is 11.3. The van der Waals surface area contributed by atoms with Gasteiger partial charge in [-0.05, 0) is 18.8 Å². The number of primary amides is 1. The molecule has 0 aromatic carbocycles. The van der Waals surface area contributed by atoms with Crippen LogP contribution in [-0.4, -0.2) is 44.7 Å². The summed E-state index contributed by atoms with van der Waals surface area (Å²) in [7, 11) is 1.62. The molecule has 124 valence electrons. The number of carbonyl (C=O) groups excluding carboxylic acids is 2. The van der Waals surface area contributed by atoms with E-state index in [1.54, 1.807) is 7.11 Å². The highest BCUT2D eigenvalue weighted by atomic mass is 35.5. The molecule has 21 heavy (non-hydrogen) atoms. The van der Waals surface area contributed by atoms with Crippen molar-refractivity contribution in [3.05, 3.63) is 0 Å². The highest BCUT2D eigenvalue weighted by Gasteiger charge is 2.26. The topological polar surface area (TPSA) is 93.4 Å². The number of ether oxygens (including phenoxy) is 1. The van der Waals surface area contributed by atoms with Crippen molar-refractivity contribution in [3.63, 3.8) is 0 Å². The maximum absolute atomic E-state index is 11.9. The van der Waals surface area contributed by atoms with Crippen LogP contribution in [0, 0.1) is 5.92 Å². The van der Waals surface area contributed by atoms with Crippen LogP contribution in [0.2, 0.25) is 0 Å². The first kappa shape index (κ1) is 20.1. The minimum absolute atomic E-state index is 0. The van der Waals surface area contributed by atoms with E-state index in [0.717, 1.165) is 12.8 Å². The van der Waals surface area contributed by atoms with Gasteiger partial charge in [0, 0.05) is 26.1 Å². The van der Waals surface area contributed by atoms with Crippen LogP contribution in [0.4, 0.5) is 0 Å². The molecule has 0 saturated heterocycles. The highest BCUT2D eigenvalue weighted by Crippen LogP contribution is 2.27. The quantitative estimate of drug-likeness (QED) is 0.542. The molecule has 0 aliphatic heterocycles. The maximum Gasteiger partial charge on any atom is 0.234 e. The fraction of sp³-hybridized carbons (Fsp3) is 0.857. The molecule has 1 atom stereocenters. The lowest BCUT2D eigenvalue weighted by atomic mass is 9.82. The molecule has 1 saturated carbocycles. The molecule has 1 aliphatic rings. The largest absolute Gasteiger partial charge is 0.383 e. The molecule has 1 fully saturated rings. The molecule has 1 rings (SSSR count). The predicted octanol–water partition coefficient (Wildman–Crippen LogP) is 0.585. The molecule has 0 bridgehead atoms. The third-order valence-corrected chi connectivity index (χ3v) is 3.75. The number of nitrogens with one attached hydrogen (secondary N) is 2. The number of carbonyl (C=O) groups is 2.